The molecule has 0 aliphatic heterocycles. The quantitative estimate of drug-likeness (QED) is 0.541. The van der Waals surface area contributed by atoms with E-state index in [0.29, 0.717) is 16.7 Å². The number of aromatic nitrogens is 2. The predicted molar refractivity (Wildman–Crippen MR) is 95.2 cm³/mol. The van der Waals surface area contributed by atoms with E-state index >= 15 is 0 Å². The summed E-state index contributed by atoms with van der Waals surface area (Å²) < 4.78 is 23.1. The van der Waals surface area contributed by atoms with E-state index in [1.807, 2.05) is 36.4 Å². The summed E-state index contributed by atoms with van der Waals surface area (Å²) in [7, 11) is -1.04. The number of H-pyrrole nitrogens is 1. The summed E-state index contributed by atoms with van der Waals surface area (Å²) in [4.78, 5) is 12.9. The van der Waals surface area contributed by atoms with Gasteiger partial charge >= 0.3 is 7.60 Å². The zero-order valence-corrected chi connectivity index (χ0v) is 14.7. The Labute approximate surface area is 145 Å². The first-order valence-electron chi connectivity index (χ1n) is 7.56. The minimum Gasteiger partial charge on any atom is -0.308 e. The Hall–Kier alpha value is -2.53. The lowest BCUT2D eigenvalue weighted by Crippen LogP contribution is -2.13. The van der Waals surface area contributed by atoms with Crippen LogP contribution in [0.3, 0.4) is 0 Å². The first kappa shape index (κ1) is 17.3. The number of ketones is 1. The molecule has 3 rings (SSSR count). The van der Waals surface area contributed by atoms with Crippen LogP contribution in [0.2, 0.25) is 0 Å². The summed E-state index contributed by atoms with van der Waals surface area (Å²) in [6.45, 7) is 0. The highest BCUT2D eigenvalue weighted by Gasteiger charge is 2.34. The number of nitrogens with zero attached hydrogens (tertiary/aromatic N) is 1. The molecule has 0 unspecified atom stereocenters. The smallest absolute Gasteiger partial charge is 0.308 e. The molecule has 0 aliphatic carbocycles. The fourth-order valence-electron chi connectivity index (χ4n) is 2.56. The van der Waals surface area contributed by atoms with Gasteiger partial charge in [-0.15, -0.1) is 0 Å². The second-order valence-electron chi connectivity index (χ2n) is 5.22. The van der Waals surface area contributed by atoms with Crippen molar-refractivity contribution in [1.29, 1.82) is 0 Å². The van der Waals surface area contributed by atoms with Gasteiger partial charge in [0, 0.05) is 25.3 Å². The van der Waals surface area contributed by atoms with E-state index in [0.717, 1.165) is 0 Å². The highest BCUT2D eigenvalue weighted by atomic mass is 31.2. The summed E-state index contributed by atoms with van der Waals surface area (Å²) >= 11 is 0. The number of aromatic amines is 1. The Kier molecular flexibility index (Phi) is 4.95. The van der Waals surface area contributed by atoms with E-state index < -0.39 is 7.60 Å². The van der Waals surface area contributed by atoms with Gasteiger partial charge in [-0.05, 0) is 5.56 Å². The van der Waals surface area contributed by atoms with Crippen molar-refractivity contribution in [2.75, 3.05) is 14.2 Å². The molecule has 128 valence electrons. The molecule has 0 bridgehead atoms. The molecular weight excluding hydrogens is 339 g/mol. The Morgan fingerprint density at radius 2 is 1.52 bits per heavy atom. The molecule has 2 aromatic carbocycles. The lowest BCUT2D eigenvalue weighted by atomic mass is 10.0. The lowest BCUT2D eigenvalue weighted by molar-refractivity contribution is 0.103. The van der Waals surface area contributed by atoms with Gasteiger partial charge < -0.3 is 9.05 Å². The van der Waals surface area contributed by atoms with Crippen LogP contribution < -0.4 is 5.44 Å². The number of hydrogen-bond acceptors (Lipinski definition) is 5. The largest absolute Gasteiger partial charge is 0.379 e. The Morgan fingerprint density at radius 3 is 2.08 bits per heavy atom. The molecule has 7 heteroatoms. The van der Waals surface area contributed by atoms with Crippen LogP contribution in [0.25, 0.3) is 11.1 Å². The summed E-state index contributed by atoms with van der Waals surface area (Å²) in [6, 6.07) is 17.9. The van der Waals surface area contributed by atoms with Crippen LogP contribution in [0, 0.1) is 0 Å². The molecule has 0 aliphatic rings. The Morgan fingerprint density at radius 1 is 0.960 bits per heavy atom. The number of carbonyl (C=O) groups excluding carboxylic acids is 1. The number of carbonyl (C=O) groups is 1. The zero-order chi connectivity index (χ0) is 17.9. The van der Waals surface area contributed by atoms with Gasteiger partial charge in [0.1, 0.15) is 5.69 Å². The average molecular weight is 356 g/mol. The fraction of sp³-hybridized carbons (Fsp3) is 0.111. The van der Waals surface area contributed by atoms with Crippen LogP contribution in [-0.2, 0) is 13.6 Å². The van der Waals surface area contributed by atoms with Crippen molar-refractivity contribution in [2.45, 2.75) is 0 Å². The monoisotopic (exact) mass is 356 g/mol. The van der Waals surface area contributed by atoms with Crippen molar-refractivity contribution in [3.8, 4) is 11.1 Å². The molecule has 0 spiro atoms. The Bertz CT molecular complexity index is 915. The molecule has 0 atom stereocenters. The zero-order valence-electron chi connectivity index (χ0n) is 13.8. The number of benzene rings is 2. The first-order chi connectivity index (χ1) is 12.1. The molecule has 25 heavy (non-hydrogen) atoms. The second-order valence-corrected chi connectivity index (χ2v) is 7.39. The number of rotatable bonds is 6. The maximum Gasteiger partial charge on any atom is 0.379 e. The van der Waals surface area contributed by atoms with Crippen LogP contribution in [0.15, 0.2) is 60.7 Å². The molecule has 3 aromatic rings. The van der Waals surface area contributed by atoms with Crippen LogP contribution in [-0.4, -0.2) is 30.2 Å². The van der Waals surface area contributed by atoms with E-state index in [1.54, 1.807) is 24.3 Å². The van der Waals surface area contributed by atoms with Crippen molar-refractivity contribution >= 4 is 18.8 Å². The van der Waals surface area contributed by atoms with Gasteiger partial charge in [0.2, 0.25) is 5.78 Å². The van der Waals surface area contributed by atoms with Gasteiger partial charge in [0.15, 0.2) is 5.44 Å². The molecule has 0 fully saturated rings. The molecule has 0 amide bonds. The summed E-state index contributed by atoms with van der Waals surface area (Å²) in [6.07, 6.45) is 0. The molecule has 0 saturated heterocycles. The maximum absolute atomic E-state index is 12.9. The predicted octanol–water partition coefficient (Wildman–Crippen LogP) is 3.42. The van der Waals surface area contributed by atoms with Gasteiger partial charge in [-0.1, -0.05) is 60.7 Å². The van der Waals surface area contributed by atoms with E-state index in [2.05, 4.69) is 10.2 Å². The van der Waals surface area contributed by atoms with Gasteiger partial charge in [0.05, 0.1) is 0 Å². The number of nitrogens with one attached hydrogen (secondary N) is 1. The summed E-state index contributed by atoms with van der Waals surface area (Å²) in [5.74, 6) is -0.277. The van der Waals surface area contributed by atoms with E-state index in [9.17, 15) is 9.36 Å². The molecular formula is C18H17N2O4P. The SMILES string of the molecule is COP(=O)(OC)c1[nH]nc(C(=O)c2ccccc2)c1-c1ccccc1. The highest BCUT2D eigenvalue weighted by molar-refractivity contribution is 7.62. The van der Waals surface area contributed by atoms with E-state index in [1.165, 1.54) is 14.2 Å². The molecule has 0 radical (unpaired) electrons. The Balaban J connectivity index is 2.22. The molecule has 6 nitrogen and oxygen atoms in total. The standard InChI is InChI=1S/C18H17N2O4P/c1-23-25(22,24-2)18-15(13-9-5-3-6-10-13)16(19-20-18)17(21)14-11-7-4-8-12-14/h3-12H,1-2H3,(H,19,20). The van der Waals surface area contributed by atoms with Gasteiger partial charge in [-0.25, -0.2) is 0 Å². The third kappa shape index (κ3) is 3.20. The molecule has 1 heterocycles. The molecule has 1 N–H and O–H groups in total. The van der Waals surface area contributed by atoms with E-state index in [-0.39, 0.29) is 16.9 Å². The van der Waals surface area contributed by atoms with Crippen molar-refractivity contribution in [1.82, 2.24) is 10.2 Å². The highest BCUT2D eigenvalue weighted by Crippen LogP contribution is 2.47. The van der Waals surface area contributed by atoms with Gasteiger partial charge in [0.25, 0.3) is 0 Å². The average Bonchev–Trinajstić information content (AvgIpc) is 3.14. The fourth-order valence-corrected chi connectivity index (χ4v) is 3.75. The topological polar surface area (TPSA) is 81.3 Å². The first-order valence-corrected chi connectivity index (χ1v) is 9.10. The molecule has 1 aromatic heterocycles. The minimum absolute atomic E-state index is 0.156. The minimum atomic E-state index is -3.62. The van der Waals surface area contributed by atoms with Crippen molar-refractivity contribution in [2.24, 2.45) is 0 Å². The van der Waals surface area contributed by atoms with Crippen LogP contribution in [0.1, 0.15) is 16.1 Å². The normalized spacial score (nSPS) is 11.4. The third-order valence-corrected chi connectivity index (χ3v) is 5.65. The van der Waals surface area contributed by atoms with Crippen LogP contribution >= 0.6 is 7.60 Å². The van der Waals surface area contributed by atoms with E-state index in [4.69, 9.17) is 9.05 Å². The van der Waals surface area contributed by atoms with Gasteiger partial charge in [-0.2, -0.15) is 5.10 Å². The van der Waals surface area contributed by atoms with Gasteiger partial charge in [-0.3, -0.25) is 14.5 Å². The second kappa shape index (κ2) is 7.15. The van der Waals surface area contributed by atoms with Crippen molar-refractivity contribution in [3.63, 3.8) is 0 Å². The molecule has 0 saturated carbocycles. The van der Waals surface area contributed by atoms with Crippen LogP contribution in [0.5, 0.6) is 0 Å². The van der Waals surface area contributed by atoms with Crippen LogP contribution in [0.4, 0.5) is 0 Å². The maximum atomic E-state index is 12.9. The summed E-state index contributed by atoms with van der Waals surface area (Å²) in [5.41, 5.74) is 1.92. The van der Waals surface area contributed by atoms with Crippen molar-refractivity contribution in [3.05, 3.63) is 71.9 Å². The van der Waals surface area contributed by atoms with Crippen molar-refractivity contribution < 1.29 is 18.4 Å². The third-order valence-electron chi connectivity index (χ3n) is 3.82. The summed E-state index contributed by atoms with van der Waals surface area (Å²) in [5, 5.41) is 6.81. The number of hydrogen-bond donors (Lipinski definition) is 1. The lowest BCUT2D eigenvalue weighted by Gasteiger charge is -2.14.